The maximum Gasteiger partial charge on any atom is 0.251 e. The summed E-state index contributed by atoms with van der Waals surface area (Å²) in [5.74, 6) is 0.391. The highest BCUT2D eigenvalue weighted by molar-refractivity contribution is 6.33. The Hall–Kier alpha value is -1.77. The fourth-order valence-corrected chi connectivity index (χ4v) is 3.07. The van der Waals surface area contributed by atoms with E-state index in [9.17, 15) is 4.79 Å². The summed E-state index contributed by atoms with van der Waals surface area (Å²) >= 11 is 11.8. The predicted octanol–water partition coefficient (Wildman–Crippen LogP) is 2.87. The van der Waals surface area contributed by atoms with Crippen molar-refractivity contribution in [2.24, 2.45) is 11.8 Å². The molecule has 7 heteroatoms. The monoisotopic (exact) mass is 336 g/mol. The fraction of sp³-hybridized carbons (Fsp3) is 0.400. The third-order valence-electron chi connectivity index (χ3n) is 3.93. The number of halogens is 2. The molecule has 2 aromatic heterocycles. The van der Waals surface area contributed by atoms with E-state index in [1.54, 1.807) is 21.4 Å². The lowest BCUT2D eigenvalue weighted by Crippen LogP contribution is -2.24. The Balaban J connectivity index is 1.82. The lowest BCUT2D eigenvalue weighted by atomic mass is 10.2. The molecule has 2 atom stereocenters. The van der Waals surface area contributed by atoms with Gasteiger partial charge in [0.2, 0.25) is 0 Å². The molecule has 1 aliphatic carbocycles. The molecule has 0 aliphatic heterocycles. The third kappa shape index (κ3) is 3.03. The Morgan fingerprint density at radius 3 is 2.73 bits per heavy atom. The van der Waals surface area contributed by atoms with Crippen molar-refractivity contribution < 1.29 is 0 Å². The third-order valence-corrected chi connectivity index (χ3v) is 4.42. The highest BCUT2D eigenvalue weighted by atomic mass is 35.5. The van der Waals surface area contributed by atoms with E-state index in [0.29, 0.717) is 29.3 Å². The standard InChI is InChI=1S/C15H14Cl2N4O/c1-9-2-10(7-21-14(17)5-13(16)19-21)3-15(22)20(9)8-12-4-11(12)6-18/h2-3,5,11-12H,4,7-8H2,1H3/t11-,12-/m1/s1. The molecule has 0 bridgehead atoms. The van der Waals surface area contributed by atoms with E-state index in [2.05, 4.69) is 11.2 Å². The van der Waals surface area contributed by atoms with E-state index in [1.165, 1.54) is 0 Å². The second-order valence-corrected chi connectivity index (χ2v) is 6.41. The average Bonchev–Trinajstić information content (AvgIpc) is 3.13. The van der Waals surface area contributed by atoms with E-state index in [1.807, 2.05) is 13.0 Å². The van der Waals surface area contributed by atoms with Gasteiger partial charge in [0.05, 0.1) is 18.5 Å². The molecule has 0 N–H and O–H groups in total. The van der Waals surface area contributed by atoms with Crippen LogP contribution in [0, 0.1) is 30.1 Å². The van der Waals surface area contributed by atoms with Gasteiger partial charge in [-0.1, -0.05) is 23.2 Å². The van der Waals surface area contributed by atoms with Gasteiger partial charge in [-0.2, -0.15) is 10.4 Å². The van der Waals surface area contributed by atoms with Gasteiger partial charge < -0.3 is 4.57 Å². The second-order valence-electron chi connectivity index (χ2n) is 5.63. The van der Waals surface area contributed by atoms with Crippen molar-refractivity contribution in [2.75, 3.05) is 0 Å². The summed E-state index contributed by atoms with van der Waals surface area (Å²) in [6.07, 6.45) is 0.880. The molecule has 0 amide bonds. The van der Waals surface area contributed by atoms with Crippen molar-refractivity contribution in [1.29, 1.82) is 5.26 Å². The summed E-state index contributed by atoms with van der Waals surface area (Å²) in [6, 6.07) is 7.34. The molecule has 0 saturated heterocycles. The number of pyridine rings is 1. The lowest BCUT2D eigenvalue weighted by molar-refractivity contribution is 0.573. The van der Waals surface area contributed by atoms with Crippen LogP contribution in [0.1, 0.15) is 17.7 Å². The van der Waals surface area contributed by atoms with Crippen LogP contribution in [0.25, 0.3) is 0 Å². The average molecular weight is 337 g/mol. The fourth-order valence-electron chi connectivity index (χ4n) is 2.61. The minimum atomic E-state index is -0.0621. The number of hydrogen-bond acceptors (Lipinski definition) is 3. The quantitative estimate of drug-likeness (QED) is 0.862. The maximum atomic E-state index is 12.3. The number of aromatic nitrogens is 3. The maximum absolute atomic E-state index is 12.3. The van der Waals surface area contributed by atoms with Gasteiger partial charge >= 0.3 is 0 Å². The molecular formula is C15H14Cl2N4O. The van der Waals surface area contributed by atoms with Crippen molar-refractivity contribution >= 4 is 23.2 Å². The van der Waals surface area contributed by atoms with Crippen molar-refractivity contribution in [3.63, 3.8) is 0 Å². The molecule has 3 rings (SSSR count). The minimum Gasteiger partial charge on any atom is -0.313 e. The van der Waals surface area contributed by atoms with Gasteiger partial charge in [-0.25, -0.2) is 4.68 Å². The highest BCUT2D eigenvalue weighted by Gasteiger charge is 2.37. The van der Waals surface area contributed by atoms with Crippen LogP contribution in [0.2, 0.25) is 10.3 Å². The van der Waals surface area contributed by atoms with Crippen LogP contribution >= 0.6 is 23.2 Å². The number of nitriles is 1. The number of hydrogen-bond donors (Lipinski definition) is 0. The van der Waals surface area contributed by atoms with Crippen molar-refractivity contribution in [3.8, 4) is 6.07 Å². The smallest absolute Gasteiger partial charge is 0.251 e. The number of rotatable bonds is 4. The summed E-state index contributed by atoms with van der Waals surface area (Å²) in [7, 11) is 0. The van der Waals surface area contributed by atoms with Crippen LogP contribution in [-0.2, 0) is 13.1 Å². The largest absolute Gasteiger partial charge is 0.313 e. The van der Waals surface area contributed by atoms with Crippen molar-refractivity contribution in [3.05, 3.63) is 50.1 Å². The Morgan fingerprint density at radius 1 is 1.41 bits per heavy atom. The van der Waals surface area contributed by atoms with Crippen LogP contribution in [0.3, 0.4) is 0 Å². The summed E-state index contributed by atoms with van der Waals surface area (Å²) < 4.78 is 3.28. The molecule has 0 radical (unpaired) electrons. The van der Waals surface area contributed by atoms with Crippen molar-refractivity contribution in [2.45, 2.75) is 26.4 Å². The predicted molar refractivity (Wildman–Crippen MR) is 84.0 cm³/mol. The molecule has 22 heavy (non-hydrogen) atoms. The second kappa shape index (κ2) is 5.79. The number of aryl methyl sites for hydroxylation is 1. The Bertz CT molecular complexity index is 818. The SMILES string of the molecule is Cc1cc(Cn2nc(Cl)cc2Cl)cc(=O)n1C[C@H]1C[C@@H]1C#N. The molecule has 1 fully saturated rings. The first-order valence-corrected chi connectivity index (χ1v) is 7.72. The van der Waals surface area contributed by atoms with E-state index in [-0.39, 0.29) is 11.5 Å². The molecule has 1 saturated carbocycles. The zero-order chi connectivity index (χ0) is 15.9. The van der Waals surface area contributed by atoms with Gasteiger partial charge in [0.15, 0.2) is 5.15 Å². The van der Waals surface area contributed by atoms with Gasteiger partial charge in [-0.3, -0.25) is 4.79 Å². The van der Waals surface area contributed by atoms with Gasteiger partial charge in [0.1, 0.15) is 5.15 Å². The highest BCUT2D eigenvalue weighted by Crippen LogP contribution is 2.38. The Labute approximate surface area is 137 Å². The first kappa shape index (κ1) is 15.1. The molecule has 0 spiro atoms. The molecule has 1 aliphatic rings. The topological polar surface area (TPSA) is 63.6 Å². The van der Waals surface area contributed by atoms with Crippen LogP contribution in [0.15, 0.2) is 23.0 Å². The van der Waals surface area contributed by atoms with Crippen LogP contribution < -0.4 is 5.56 Å². The van der Waals surface area contributed by atoms with E-state index in [0.717, 1.165) is 17.7 Å². The zero-order valence-corrected chi connectivity index (χ0v) is 13.5. The summed E-state index contributed by atoms with van der Waals surface area (Å²) in [4.78, 5) is 12.3. The summed E-state index contributed by atoms with van der Waals surface area (Å²) in [5, 5.41) is 13.7. The van der Waals surface area contributed by atoms with E-state index >= 15 is 0 Å². The van der Waals surface area contributed by atoms with E-state index in [4.69, 9.17) is 28.5 Å². The van der Waals surface area contributed by atoms with Gasteiger partial charge in [-0.15, -0.1) is 0 Å². The molecule has 0 aromatic carbocycles. The van der Waals surface area contributed by atoms with Crippen LogP contribution in [0.4, 0.5) is 0 Å². The summed E-state index contributed by atoms with van der Waals surface area (Å²) in [5.41, 5.74) is 1.64. The summed E-state index contributed by atoms with van der Waals surface area (Å²) in [6.45, 7) is 2.90. The minimum absolute atomic E-state index is 0.0621. The molecule has 114 valence electrons. The number of nitrogens with zero attached hydrogens (tertiary/aromatic N) is 4. The molecule has 0 unspecified atom stereocenters. The zero-order valence-electron chi connectivity index (χ0n) is 12.0. The van der Waals surface area contributed by atoms with Gasteiger partial charge in [0.25, 0.3) is 5.56 Å². The van der Waals surface area contributed by atoms with Crippen LogP contribution in [0.5, 0.6) is 0 Å². The normalized spacial score (nSPS) is 19.9. The molecule has 2 aromatic rings. The van der Waals surface area contributed by atoms with Crippen molar-refractivity contribution in [1.82, 2.24) is 14.3 Å². The van der Waals surface area contributed by atoms with E-state index < -0.39 is 0 Å². The lowest BCUT2D eigenvalue weighted by Gasteiger charge is -2.11. The first-order chi connectivity index (χ1) is 10.5. The van der Waals surface area contributed by atoms with Gasteiger partial charge in [-0.05, 0) is 30.9 Å². The van der Waals surface area contributed by atoms with Gasteiger partial charge in [0, 0.05) is 24.4 Å². The molecular weight excluding hydrogens is 323 g/mol. The first-order valence-electron chi connectivity index (χ1n) is 6.96. The Kier molecular flexibility index (Phi) is 3.98. The molecule has 5 nitrogen and oxygen atoms in total. The molecule has 2 heterocycles. The Morgan fingerprint density at radius 2 is 2.18 bits per heavy atom. The van der Waals surface area contributed by atoms with Crippen LogP contribution in [-0.4, -0.2) is 14.3 Å².